The topological polar surface area (TPSA) is 79.5 Å². The number of hydrogen-bond acceptors (Lipinski definition) is 3. The second-order valence-electron chi connectivity index (χ2n) is 4.95. The monoisotopic (exact) mass is 267 g/mol. The minimum absolute atomic E-state index is 0.222. The van der Waals surface area contributed by atoms with Crippen molar-refractivity contribution in [3.63, 3.8) is 0 Å². The number of carboxylic acid groups (broad SMARTS) is 1. The van der Waals surface area contributed by atoms with Gasteiger partial charge in [-0.25, -0.2) is 4.79 Å². The number of carbonyl (C=O) groups excluding carboxylic acids is 1. The van der Waals surface area contributed by atoms with Gasteiger partial charge in [0.05, 0.1) is 0 Å². The van der Waals surface area contributed by atoms with Gasteiger partial charge in [-0.3, -0.25) is 4.79 Å². The number of carboxylic acids is 1. The molecule has 0 aliphatic rings. The molecule has 1 atom stereocenters. The Hall–Kier alpha value is -1.78. The van der Waals surface area contributed by atoms with Crippen molar-refractivity contribution in [1.29, 1.82) is 0 Å². The standard InChI is InChI=1S/C14H21NO4/c1-4-9-14(3,13(17)18)15-12(16)8-7-11-6-5-10(2)19-11/h5-6H,4,7-9H2,1-3H3,(H,15,16)(H,17,18). The lowest BCUT2D eigenvalue weighted by atomic mass is 9.96. The molecule has 0 bridgehead atoms. The molecule has 1 aromatic heterocycles. The molecule has 1 aromatic rings. The maximum Gasteiger partial charge on any atom is 0.329 e. The summed E-state index contributed by atoms with van der Waals surface area (Å²) in [6.07, 6.45) is 1.80. The number of rotatable bonds is 7. The molecule has 0 spiro atoms. The summed E-state index contributed by atoms with van der Waals surface area (Å²) < 4.78 is 5.36. The number of amides is 1. The Labute approximate surface area is 113 Å². The van der Waals surface area contributed by atoms with Gasteiger partial charge in [-0.15, -0.1) is 0 Å². The number of nitrogens with one attached hydrogen (secondary N) is 1. The minimum Gasteiger partial charge on any atom is -0.480 e. The van der Waals surface area contributed by atoms with E-state index in [0.717, 1.165) is 11.5 Å². The first-order valence-electron chi connectivity index (χ1n) is 6.47. The highest BCUT2D eigenvalue weighted by Crippen LogP contribution is 2.14. The highest BCUT2D eigenvalue weighted by Gasteiger charge is 2.33. The van der Waals surface area contributed by atoms with Crippen LogP contribution in [0.1, 0.15) is 44.6 Å². The predicted molar refractivity (Wildman–Crippen MR) is 70.9 cm³/mol. The second-order valence-corrected chi connectivity index (χ2v) is 4.95. The first-order chi connectivity index (χ1) is 8.87. The number of hydrogen-bond donors (Lipinski definition) is 2. The van der Waals surface area contributed by atoms with Gasteiger partial charge in [-0.1, -0.05) is 13.3 Å². The van der Waals surface area contributed by atoms with E-state index in [1.54, 1.807) is 0 Å². The maximum atomic E-state index is 11.8. The normalized spacial score (nSPS) is 13.8. The Morgan fingerprint density at radius 3 is 2.58 bits per heavy atom. The van der Waals surface area contributed by atoms with Crippen LogP contribution in [0.4, 0.5) is 0 Å². The maximum absolute atomic E-state index is 11.8. The fraction of sp³-hybridized carbons (Fsp3) is 0.571. The molecule has 0 aromatic carbocycles. The highest BCUT2D eigenvalue weighted by atomic mass is 16.4. The molecule has 5 nitrogen and oxygen atoms in total. The zero-order valence-electron chi connectivity index (χ0n) is 11.7. The number of carbonyl (C=O) groups is 2. The summed E-state index contributed by atoms with van der Waals surface area (Å²) in [6, 6.07) is 3.66. The molecule has 1 amide bonds. The van der Waals surface area contributed by atoms with Crippen LogP contribution in [0.25, 0.3) is 0 Å². The largest absolute Gasteiger partial charge is 0.480 e. The van der Waals surface area contributed by atoms with Gasteiger partial charge in [-0.2, -0.15) is 0 Å². The van der Waals surface area contributed by atoms with Crippen molar-refractivity contribution >= 4 is 11.9 Å². The van der Waals surface area contributed by atoms with E-state index in [1.807, 2.05) is 26.0 Å². The average molecular weight is 267 g/mol. The van der Waals surface area contributed by atoms with E-state index < -0.39 is 11.5 Å². The lowest BCUT2D eigenvalue weighted by Crippen LogP contribution is -2.52. The predicted octanol–water partition coefficient (Wildman–Crippen LogP) is 2.28. The summed E-state index contributed by atoms with van der Waals surface area (Å²) >= 11 is 0. The molecule has 19 heavy (non-hydrogen) atoms. The lowest BCUT2D eigenvalue weighted by Gasteiger charge is -2.25. The van der Waals surface area contributed by atoms with Gasteiger partial charge < -0.3 is 14.8 Å². The summed E-state index contributed by atoms with van der Waals surface area (Å²) in [5, 5.41) is 11.8. The van der Waals surface area contributed by atoms with Gasteiger partial charge in [0.1, 0.15) is 17.1 Å². The molecule has 1 unspecified atom stereocenters. The molecular weight excluding hydrogens is 246 g/mol. The molecule has 0 fully saturated rings. The number of aryl methyl sites for hydroxylation is 2. The van der Waals surface area contributed by atoms with Crippen LogP contribution < -0.4 is 5.32 Å². The van der Waals surface area contributed by atoms with Crippen molar-refractivity contribution in [2.45, 2.75) is 52.0 Å². The highest BCUT2D eigenvalue weighted by molar-refractivity contribution is 5.86. The van der Waals surface area contributed by atoms with E-state index in [0.29, 0.717) is 19.3 Å². The second kappa shape index (κ2) is 6.41. The fourth-order valence-electron chi connectivity index (χ4n) is 1.95. The van der Waals surface area contributed by atoms with E-state index in [-0.39, 0.29) is 12.3 Å². The molecule has 5 heteroatoms. The van der Waals surface area contributed by atoms with Gasteiger partial charge in [-0.05, 0) is 32.4 Å². The summed E-state index contributed by atoms with van der Waals surface area (Å²) in [5.41, 5.74) is -1.19. The quantitative estimate of drug-likeness (QED) is 0.794. The first-order valence-corrected chi connectivity index (χ1v) is 6.47. The Kier molecular flexibility index (Phi) is 5.15. The zero-order valence-corrected chi connectivity index (χ0v) is 11.7. The molecule has 0 radical (unpaired) electrons. The molecule has 106 valence electrons. The smallest absolute Gasteiger partial charge is 0.329 e. The van der Waals surface area contributed by atoms with Crippen LogP contribution in [0.2, 0.25) is 0 Å². The van der Waals surface area contributed by atoms with Crippen molar-refractivity contribution in [3.05, 3.63) is 23.7 Å². The van der Waals surface area contributed by atoms with Crippen LogP contribution in [0.5, 0.6) is 0 Å². The zero-order chi connectivity index (χ0) is 14.5. The molecule has 0 aliphatic carbocycles. The van der Waals surface area contributed by atoms with E-state index in [9.17, 15) is 9.59 Å². The van der Waals surface area contributed by atoms with Crippen LogP contribution in [0.15, 0.2) is 16.5 Å². The Bertz CT molecular complexity index is 452. The fourth-order valence-corrected chi connectivity index (χ4v) is 1.95. The molecule has 0 saturated heterocycles. The molecular formula is C14H21NO4. The van der Waals surface area contributed by atoms with Crippen LogP contribution in [-0.4, -0.2) is 22.5 Å². The summed E-state index contributed by atoms with van der Waals surface area (Å²) in [7, 11) is 0. The Morgan fingerprint density at radius 1 is 1.42 bits per heavy atom. The van der Waals surface area contributed by atoms with E-state index in [2.05, 4.69) is 5.32 Å². The van der Waals surface area contributed by atoms with Crippen molar-refractivity contribution in [2.24, 2.45) is 0 Å². The van der Waals surface area contributed by atoms with Crippen LogP contribution in [0.3, 0.4) is 0 Å². The van der Waals surface area contributed by atoms with Gasteiger partial charge >= 0.3 is 5.97 Å². The summed E-state index contributed by atoms with van der Waals surface area (Å²) in [4.78, 5) is 23.0. The summed E-state index contributed by atoms with van der Waals surface area (Å²) in [5.74, 6) is 0.265. The van der Waals surface area contributed by atoms with Crippen LogP contribution in [0, 0.1) is 6.92 Å². The Balaban J connectivity index is 2.51. The van der Waals surface area contributed by atoms with Gasteiger partial charge in [0.2, 0.25) is 5.91 Å². The van der Waals surface area contributed by atoms with Gasteiger partial charge in [0, 0.05) is 12.8 Å². The van der Waals surface area contributed by atoms with E-state index in [4.69, 9.17) is 9.52 Å². The number of furan rings is 1. The van der Waals surface area contributed by atoms with E-state index >= 15 is 0 Å². The average Bonchev–Trinajstić information content (AvgIpc) is 2.72. The third kappa shape index (κ3) is 4.43. The van der Waals surface area contributed by atoms with Crippen molar-refractivity contribution in [3.8, 4) is 0 Å². The Morgan fingerprint density at radius 2 is 2.11 bits per heavy atom. The molecule has 1 rings (SSSR count). The lowest BCUT2D eigenvalue weighted by molar-refractivity contribution is -0.147. The molecule has 0 saturated carbocycles. The molecule has 0 aliphatic heterocycles. The van der Waals surface area contributed by atoms with Gasteiger partial charge in [0.25, 0.3) is 0 Å². The van der Waals surface area contributed by atoms with Crippen molar-refractivity contribution in [1.82, 2.24) is 5.32 Å². The van der Waals surface area contributed by atoms with Gasteiger partial charge in [0.15, 0.2) is 0 Å². The van der Waals surface area contributed by atoms with Crippen molar-refractivity contribution < 1.29 is 19.1 Å². The van der Waals surface area contributed by atoms with Crippen LogP contribution in [-0.2, 0) is 16.0 Å². The number of aliphatic carboxylic acids is 1. The third-order valence-electron chi connectivity index (χ3n) is 3.03. The first kappa shape index (κ1) is 15.3. The molecule has 1 heterocycles. The third-order valence-corrected chi connectivity index (χ3v) is 3.03. The van der Waals surface area contributed by atoms with Crippen molar-refractivity contribution in [2.75, 3.05) is 0 Å². The summed E-state index contributed by atoms with van der Waals surface area (Å²) in [6.45, 7) is 5.26. The molecule has 2 N–H and O–H groups in total. The van der Waals surface area contributed by atoms with Crippen LogP contribution >= 0.6 is 0 Å². The van der Waals surface area contributed by atoms with E-state index in [1.165, 1.54) is 6.92 Å². The minimum atomic E-state index is -1.19. The SMILES string of the molecule is CCCC(C)(NC(=O)CCc1ccc(C)o1)C(=O)O.